The second-order valence-electron chi connectivity index (χ2n) is 5.26. The summed E-state index contributed by atoms with van der Waals surface area (Å²) in [5.74, 6) is 0.428. The Labute approximate surface area is 132 Å². The van der Waals surface area contributed by atoms with Crippen LogP contribution < -0.4 is 14.8 Å². The van der Waals surface area contributed by atoms with Gasteiger partial charge in [-0.1, -0.05) is 6.07 Å². The van der Waals surface area contributed by atoms with Crippen molar-refractivity contribution in [2.45, 2.75) is 37.6 Å². The van der Waals surface area contributed by atoms with Crippen LogP contribution in [-0.2, 0) is 10.0 Å². The van der Waals surface area contributed by atoms with E-state index in [-0.39, 0.29) is 23.3 Å². The van der Waals surface area contributed by atoms with Gasteiger partial charge in [0.15, 0.2) is 0 Å². The quantitative estimate of drug-likeness (QED) is 0.880. The number of halogens is 1. The number of piperidine rings is 1. The lowest BCUT2D eigenvalue weighted by atomic mass is 10.1. The number of aryl methyl sites for hydroxylation is 2. The van der Waals surface area contributed by atoms with Gasteiger partial charge in [0, 0.05) is 6.04 Å². The highest BCUT2D eigenvalue weighted by Crippen LogP contribution is 2.29. The SMILES string of the molecule is COc1c(C)cc(C)cc1S(=O)(=O)NC1CCNCC1.Cl. The molecule has 5 nitrogen and oxygen atoms in total. The van der Waals surface area contributed by atoms with Gasteiger partial charge >= 0.3 is 0 Å². The lowest BCUT2D eigenvalue weighted by Gasteiger charge is -2.24. The zero-order valence-electron chi connectivity index (χ0n) is 12.6. The third-order valence-corrected chi connectivity index (χ3v) is 5.07. The van der Waals surface area contributed by atoms with Gasteiger partial charge in [-0.25, -0.2) is 13.1 Å². The van der Waals surface area contributed by atoms with Gasteiger partial charge in [0.2, 0.25) is 10.0 Å². The molecule has 2 rings (SSSR count). The molecule has 0 spiro atoms. The van der Waals surface area contributed by atoms with Crippen LogP contribution in [0.15, 0.2) is 17.0 Å². The van der Waals surface area contributed by atoms with Gasteiger partial charge < -0.3 is 10.1 Å². The number of methoxy groups -OCH3 is 1. The molecule has 7 heteroatoms. The molecule has 1 fully saturated rings. The Balaban J connectivity index is 0.00000220. The van der Waals surface area contributed by atoms with E-state index in [0.717, 1.165) is 37.1 Å². The van der Waals surface area contributed by atoms with Gasteiger partial charge in [-0.3, -0.25) is 0 Å². The topological polar surface area (TPSA) is 67.4 Å². The molecule has 1 aromatic rings. The number of benzene rings is 1. The summed E-state index contributed by atoms with van der Waals surface area (Å²) in [6, 6.07) is 3.57. The highest BCUT2D eigenvalue weighted by molar-refractivity contribution is 7.89. The second-order valence-corrected chi connectivity index (χ2v) is 6.94. The minimum Gasteiger partial charge on any atom is -0.495 e. The molecule has 1 aliphatic rings. The molecule has 1 aromatic carbocycles. The summed E-state index contributed by atoms with van der Waals surface area (Å²) >= 11 is 0. The van der Waals surface area contributed by atoms with Gasteiger partial charge in [-0.15, -0.1) is 12.4 Å². The molecule has 0 amide bonds. The van der Waals surface area contributed by atoms with Gasteiger partial charge in [-0.05, 0) is 57.0 Å². The van der Waals surface area contributed by atoms with E-state index >= 15 is 0 Å². The highest BCUT2D eigenvalue weighted by atomic mass is 35.5. The summed E-state index contributed by atoms with van der Waals surface area (Å²) in [5.41, 5.74) is 1.74. The fourth-order valence-electron chi connectivity index (χ4n) is 2.60. The molecule has 0 aliphatic carbocycles. The summed E-state index contributed by atoms with van der Waals surface area (Å²) in [7, 11) is -2.05. The summed E-state index contributed by atoms with van der Waals surface area (Å²) in [4.78, 5) is 0.232. The molecule has 1 saturated heterocycles. The standard InChI is InChI=1S/C14H22N2O3S.ClH/c1-10-8-11(2)14(19-3)13(9-10)20(17,18)16-12-4-6-15-7-5-12;/h8-9,12,15-16H,4-7H2,1-3H3;1H. The van der Waals surface area contributed by atoms with Crippen LogP contribution in [0.1, 0.15) is 24.0 Å². The van der Waals surface area contributed by atoms with E-state index < -0.39 is 10.0 Å². The molecule has 2 N–H and O–H groups in total. The minimum atomic E-state index is -3.55. The van der Waals surface area contributed by atoms with E-state index in [0.29, 0.717) is 5.75 Å². The summed E-state index contributed by atoms with van der Waals surface area (Å²) < 4.78 is 33.2. The lowest BCUT2D eigenvalue weighted by molar-refractivity contribution is 0.396. The molecule has 0 atom stereocenters. The largest absolute Gasteiger partial charge is 0.495 e. The molecule has 1 heterocycles. The number of rotatable bonds is 4. The summed E-state index contributed by atoms with van der Waals surface area (Å²) in [6.45, 7) is 5.43. The number of sulfonamides is 1. The van der Waals surface area contributed by atoms with E-state index in [2.05, 4.69) is 10.0 Å². The van der Waals surface area contributed by atoms with Crippen molar-refractivity contribution in [1.82, 2.24) is 10.0 Å². The van der Waals surface area contributed by atoms with Crippen molar-refractivity contribution >= 4 is 22.4 Å². The maximum atomic E-state index is 12.6. The highest BCUT2D eigenvalue weighted by Gasteiger charge is 2.25. The van der Waals surface area contributed by atoms with Crippen molar-refractivity contribution in [3.8, 4) is 5.75 Å². The van der Waals surface area contributed by atoms with Crippen LogP contribution in [0.5, 0.6) is 5.75 Å². The minimum absolute atomic E-state index is 0. The first-order valence-corrected chi connectivity index (χ1v) is 8.30. The number of ether oxygens (including phenoxy) is 1. The van der Waals surface area contributed by atoms with Gasteiger partial charge in [0.25, 0.3) is 0 Å². The Kier molecular flexibility index (Phi) is 6.46. The first-order chi connectivity index (χ1) is 9.44. The van der Waals surface area contributed by atoms with Crippen LogP contribution in [0.2, 0.25) is 0 Å². The molecular weight excluding hydrogens is 312 g/mol. The summed E-state index contributed by atoms with van der Waals surface area (Å²) in [6.07, 6.45) is 1.62. The average Bonchev–Trinajstić information content (AvgIpc) is 2.38. The van der Waals surface area contributed by atoms with Crippen LogP contribution >= 0.6 is 12.4 Å². The molecule has 120 valence electrons. The van der Waals surface area contributed by atoms with E-state index in [1.54, 1.807) is 6.07 Å². The number of hydrogen-bond acceptors (Lipinski definition) is 4. The van der Waals surface area contributed by atoms with Gasteiger partial charge in [0.05, 0.1) is 7.11 Å². The first-order valence-electron chi connectivity index (χ1n) is 6.82. The maximum absolute atomic E-state index is 12.6. The van der Waals surface area contributed by atoms with Crippen LogP contribution in [0.25, 0.3) is 0 Å². The maximum Gasteiger partial charge on any atom is 0.244 e. The van der Waals surface area contributed by atoms with Crippen molar-refractivity contribution < 1.29 is 13.2 Å². The van der Waals surface area contributed by atoms with E-state index in [1.165, 1.54) is 7.11 Å². The zero-order chi connectivity index (χ0) is 14.8. The Morgan fingerprint density at radius 2 is 1.86 bits per heavy atom. The van der Waals surface area contributed by atoms with Crippen molar-refractivity contribution in [3.05, 3.63) is 23.3 Å². The third-order valence-electron chi connectivity index (χ3n) is 3.54. The zero-order valence-corrected chi connectivity index (χ0v) is 14.2. The predicted octanol–water partition coefficient (Wildman–Crippen LogP) is 1.76. The molecule has 0 bridgehead atoms. The number of hydrogen-bond donors (Lipinski definition) is 2. The van der Waals surface area contributed by atoms with Crippen molar-refractivity contribution in [2.24, 2.45) is 0 Å². The van der Waals surface area contributed by atoms with E-state index in [9.17, 15) is 8.42 Å². The molecule has 1 aliphatic heterocycles. The van der Waals surface area contributed by atoms with Crippen molar-refractivity contribution in [1.29, 1.82) is 0 Å². The molecule has 21 heavy (non-hydrogen) atoms. The van der Waals surface area contributed by atoms with Crippen LogP contribution in [0, 0.1) is 13.8 Å². The predicted molar refractivity (Wildman–Crippen MR) is 85.9 cm³/mol. The molecule has 0 radical (unpaired) electrons. The van der Waals surface area contributed by atoms with Gasteiger partial charge in [0.1, 0.15) is 10.6 Å². The first kappa shape index (κ1) is 18.2. The monoisotopic (exact) mass is 334 g/mol. The van der Waals surface area contributed by atoms with Crippen LogP contribution in [0.3, 0.4) is 0 Å². The van der Waals surface area contributed by atoms with Crippen molar-refractivity contribution in [3.63, 3.8) is 0 Å². The molecule has 0 aromatic heterocycles. The summed E-state index contributed by atoms with van der Waals surface area (Å²) in [5, 5.41) is 3.22. The average molecular weight is 335 g/mol. The lowest BCUT2D eigenvalue weighted by Crippen LogP contribution is -2.42. The van der Waals surface area contributed by atoms with Crippen molar-refractivity contribution in [2.75, 3.05) is 20.2 Å². The smallest absolute Gasteiger partial charge is 0.244 e. The number of nitrogens with one attached hydrogen (secondary N) is 2. The molecular formula is C14H23ClN2O3S. The normalized spacial score (nSPS) is 16.3. The fourth-order valence-corrected chi connectivity index (χ4v) is 4.23. The van der Waals surface area contributed by atoms with Gasteiger partial charge in [-0.2, -0.15) is 0 Å². The Morgan fingerprint density at radius 3 is 2.43 bits per heavy atom. The fraction of sp³-hybridized carbons (Fsp3) is 0.571. The van der Waals surface area contributed by atoms with Crippen LogP contribution in [-0.4, -0.2) is 34.7 Å². The Hall–Kier alpha value is -0.820. The van der Waals surface area contributed by atoms with E-state index in [1.807, 2.05) is 19.9 Å². The second kappa shape index (κ2) is 7.45. The molecule has 0 saturated carbocycles. The van der Waals surface area contributed by atoms with E-state index in [4.69, 9.17) is 4.74 Å². The van der Waals surface area contributed by atoms with Crippen LogP contribution in [0.4, 0.5) is 0 Å². The third kappa shape index (κ3) is 4.32. The Morgan fingerprint density at radius 1 is 1.24 bits per heavy atom. The Bertz CT molecular complexity index is 584. The molecule has 0 unspecified atom stereocenters.